The maximum atomic E-state index is 12.5. The molecule has 0 aromatic carbocycles. The van der Waals surface area contributed by atoms with Crippen LogP contribution in [0.3, 0.4) is 0 Å². The summed E-state index contributed by atoms with van der Waals surface area (Å²) in [4.78, 5) is 13.8. The van der Waals surface area contributed by atoms with Gasteiger partial charge in [-0.1, -0.05) is 20.3 Å². The zero-order chi connectivity index (χ0) is 17.5. The lowest BCUT2D eigenvalue weighted by Crippen LogP contribution is -2.37. The summed E-state index contributed by atoms with van der Waals surface area (Å²) in [5, 5.41) is 8.02. The molecule has 0 atom stereocenters. The van der Waals surface area contributed by atoms with Gasteiger partial charge in [-0.15, -0.1) is 11.3 Å². The van der Waals surface area contributed by atoms with Crippen molar-refractivity contribution in [3.8, 4) is 0 Å². The van der Waals surface area contributed by atoms with Crippen molar-refractivity contribution >= 4 is 39.6 Å². The number of anilines is 1. The van der Waals surface area contributed by atoms with E-state index in [0.29, 0.717) is 23.3 Å². The highest BCUT2D eigenvalue weighted by Crippen LogP contribution is 2.38. The standard InChI is InChI=1S/C18H28N2O2S2/c1-4-12(5-2)19-18(23)20-16-15(17(21)22-6-3)13-10-8-7-9-11-14(13)24-16/h12H,4-11H2,1-3H3,(H2,19,20,23). The van der Waals surface area contributed by atoms with Gasteiger partial charge in [0.15, 0.2) is 5.11 Å². The van der Waals surface area contributed by atoms with Crippen molar-refractivity contribution in [1.82, 2.24) is 5.32 Å². The minimum Gasteiger partial charge on any atom is -0.462 e. The molecule has 1 heterocycles. The lowest BCUT2D eigenvalue weighted by Gasteiger charge is -2.18. The van der Waals surface area contributed by atoms with Crippen molar-refractivity contribution in [3.63, 3.8) is 0 Å². The Morgan fingerprint density at radius 2 is 1.92 bits per heavy atom. The Bertz CT molecular complexity index is 580. The molecule has 2 rings (SSSR count). The highest BCUT2D eigenvalue weighted by Gasteiger charge is 2.26. The van der Waals surface area contributed by atoms with E-state index < -0.39 is 0 Å². The molecule has 0 saturated heterocycles. The normalized spacial score (nSPS) is 14.0. The second kappa shape index (κ2) is 9.37. The number of ether oxygens (including phenoxy) is 1. The van der Waals surface area contributed by atoms with Crippen LogP contribution in [0.1, 0.15) is 73.7 Å². The monoisotopic (exact) mass is 368 g/mol. The van der Waals surface area contributed by atoms with Crippen LogP contribution in [0.2, 0.25) is 0 Å². The Morgan fingerprint density at radius 3 is 2.58 bits per heavy atom. The maximum absolute atomic E-state index is 12.5. The average Bonchev–Trinajstić information content (AvgIpc) is 2.74. The van der Waals surface area contributed by atoms with Crippen LogP contribution in [0.4, 0.5) is 5.00 Å². The van der Waals surface area contributed by atoms with E-state index >= 15 is 0 Å². The first-order valence-corrected chi connectivity index (χ1v) is 10.2. The van der Waals surface area contributed by atoms with E-state index in [0.717, 1.165) is 37.1 Å². The molecule has 6 heteroatoms. The number of carbonyl (C=O) groups is 1. The van der Waals surface area contributed by atoms with E-state index in [1.807, 2.05) is 6.92 Å². The van der Waals surface area contributed by atoms with Crippen molar-refractivity contribution in [2.24, 2.45) is 0 Å². The molecule has 0 bridgehead atoms. The molecule has 1 aliphatic rings. The molecule has 0 spiro atoms. The van der Waals surface area contributed by atoms with E-state index in [-0.39, 0.29) is 5.97 Å². The van der Waals surface area contributed by atoms with Crippen molar-refractivity contribution in [2.75, 3.05) is 11.9 Å². The molecule has 134 valence electrons. The second-order valence-corrected chi connectivity index (χ2v) is 7.61. The van der Waals surface area contributed by atoms with Crippen LogP contribution in [0.5, 0.6) is 0 Å². The van der Waals surface area contributed by atoms with Gasteiger partial charge >= 0.3 is 5.97 Å². The fraction of sp³-hybridized carbons (Fsp3) is 0.667. The molecule has 24 heavy (non-hydrogen) atoms. The van der Waals surface area contributed by atoms with E-state index in [2.05, 4.69) is 24.5 Å². The van der Waals surface area contributed by atoms with Crippen molar-refractivity contribution in [1.29, 1.82) is 0 Å². The second-order valence-electron chi connectivity index (χ2n) is 6.10. The van der Waals surface area contributed by atoms with Crippen LogP contribution < -0.4 is 10.6 Å². The van der Waals surface area contributed by atoms with E-state index in [4.69, 9.17) is 17.0 Å². The van der Waals surface area contributed by atoms with Gasteiger partial charge in [0, 0.05) is 10.9 Å². The predicted molar refractivity (Wildman–Crippen MR) is 105 cm³/mol. The first-order valence-electron chi connectivity index (χ1n) is 8.99. The van der Waals surface area contributed by atoms with Gasteiger partial charge in [-0.05, 0) is 63.2 Å². The van der Waals surface area contributed by atoms with Gasteiger partial charge in [0.25, 0.3) is 0 Å². The number of esters is 1. The van der Waals surface area contributed by atoms with Crippen LogP contribution in [-0.2, 0) is 17.6 Å². The van der Waals surface area contributed by atoms with Crippen molar-refractivity contribution in [3.05, 3.63) is 16.0 Å². The zero-order valence-corrected chi connectivity index (χ0v) is 16.5. The number of hydrogen-bond donors (Lipinski definition) is 2. The summed E-state index contributed by atoms with van der Waals surface area (Å²) in [5.74, 6) is -0.232. The third-order valence-electron chi connectivity index (χ3n) is 4.45. The molecule has 1 aliphatic carbocycles. The Hall–Kier alpha value is -1.14. The minimum atomic E-state index is -0.232. The number of nitrogens with one attached hydrogen (secondary N) is 2. The summed E-state index contributed by atoms with van der Waals surface area (Å²) in [6.45, 7) is 6.51. The lowest BCUT2D eigenvalue weighted by molar-refractivity contribution is 0.0527. The van der Waals surface area contributed by atoms with Gasteiger partial charge in [-0.2, -0.15) is 0 Å². The summed E-state index contributed by atoms with van der Waals surface area (Å²) in [7, 11) is 0. The third kappa shape index (κ3) is 4.70. The van der Waals surface area contributed by atoms with Crippen LogP contribution in [0.15, 0.2) is 0 Å². The molecule has 0 aliphatic heterocycles. The Morgan fingerprint density at radius 1 is 1.21 bits per heavy atom. The zero-order valence-electron chi connectivity index (χ0n) is 14.9. The van der Waals surface area contributed by atoms with E-state index in [9.17, 15) is 4.79 Å². The lowest BCUT2D eigenvalue weighted by atomic mass is 10.1. The summed E-state index contributed by atoms with van der Waals surface area (Å²) in [6.07, 6.45) is 7.57. The van der Waals surface area contributed by atoms with Gasteiger partial charge in [0.05, 0.1) is 12.2 Å². The summed E-state index contributed by atoms with van der Waals surface area (Å²) in [5.41, 5.74) is 1.87. The Labute approximate surface area is 154 Å². The number of thiocarbonyl (C=S) groups is 1. The predicted octanol–water partition coefficient (Wildman–Crippen LogP) is 4.67. The SMILES string of the molecule is CCOC(=O)c1c(NC(=S)NC(CC)CC)sc2c1CCCCC2. The highest BCUT2D eigenvalue weighted by molar-refractivity contribution is 7.80. The molecule has 4 nitrogen and oxygen atoms in total. The maximum Gasteiger partial charge on any atom is 0.341 e. The van der Waals surface area contributed by atoms with Crippen LogP contribution in [0, 0.1) is 0 Å². The molecule has 0 amide bonds. The topological polar surface area (TPSA) is 50.4 Å². The largest absolute Gasteiger partial charge is 0.462 e. The fourth-order valence-electron chi connectivity index (χ4n) is 3.07. The van der Waals surface area contributed by atoms with Gasteiger partial charge in [-0.25, -0.2) is 4.79 Å². The summed E-state index contributed by atoms with van der Waals surface area (Å²) in [6, 6.07) is 0.355. The first-order chi connectivity index (χ1) is 11.6. The van der Waals surface area contributed by atoms with Crippen LogP contribution in [0.25, 0.3) is 0 Å². The van der Waals surface area contributed by atoms with Gasteiger partial charge in [0.1, 0.15) is 5.00 Å². The van der Waals surface area contributed by atoms with Crippen molar-refractivity contribution in [2.45, 2.75) is 71.8 Å². The Balaban J connectivity index is 2.24. The fourth-order valence-corrected chi connectivity index (χ4v) is 4.68. The van der Waals surface area contributed by atoms with Crippen LogP contribution >= 0.6 is 23.6 Å². The quantitative estimate of drug-likeness (QED) is 0.434. The van der Waals surface area contributed by atoms with Crippen molar-refractivity contribution < 1.29 is 9.53 Å². The number of fused-ring (bicyclic) bond motifs is 1. The number of thiophene rings is 1. The van der Waals surface area contributed by atoms with Gasteiger partial charge in [-0.3, -0.25) is 0 Å². The number of hydrogen-bond acceptors (Lipinski definition) is 4. The van der Waals surface area contributed by atoms with Crippen LogP contribution in [-0.4, -0.2) is 23.7 Å². The summed E-state index contributed by atoms with van der Waals surface area (Å²) >= 11 is 7.12. The molecule has 0 fully saturated rings. The molecule has 1 aromatic heterocycles. The average molecular weight is 369 g/mol. The first kappa shape index (κ1) is 19.2. The van der Waals surface area contributed by atoms with Gasteiger partial charge in [0.2, 0.25) is 0 Å². The molecule has 0 saturated carbocycles. The summed E-state index contributed by atoms with van der Waals surface area (Å²) < 4.78 is 5.30. The third-order valence-corrected chi connectivity index (χ3v) is 5.88. The number of carbonyl (C=O) groups excluding carboxylic acids is 1. The minimum absolute atomic E-state index is 0.232. The van der Waals surface area contributed by atoms with E-state index in [1.54, 1.807) is 11.3 Å². The van der Waals surface area contributed by atoms with E-state index in [1.165, 1.54) is 23.3 Å². The van der Waals surface area contributed by atoms with Gasteiger partial charge < -0.3 is 15.4 Å². The molecule has 0 unspecified atom stereocenters. The molecule has 0 radical (unpaired) electrons. The molecular formula is C18H28N2O2S2. The Kier molecular flexibility index (Phi) is 7.49. The number of aryl methyl sites for hydroxylation is 1. The highest BCUT2D eigenvalue weighted by atomic mass is 32.1. The molecule has 1 aromatic rings. The smallest absolute Gasteiger partial charge is 0.341 e. The molecular weight excluding hydrogens is 340 g/mol. The molecule has 2 N–H and O–H groups in total. The number of rotatable bonds is 6.